The zero-order valence-electron chi connectivity index (χ0n) is 16.3. The first-order chi connectivity index (χ1) is 13.0. The molecule has 0 radical (unpaired) electrons. The van der Waals surface area contributed by atoms with Gasteiger partial charge in [0, 0.05) is 42.1 Å². The smallest absolute Gasteiger partial charge is 0.226 e. The number of aliphatic imine (C=N–C) groups is 1. The Kier molecular flexibility index (Phi) is 11.4. The van der Waals surface area contributed by atoms with Gasteiger partial charge in [-0.3, -0.25) is 14.6 Å². The Bertz CT molecular complexity index is 695. The topological polar surface area (TPSA) is 94.6 Å². The zero-order valence-corrected chi connectivity index (χ0v) is 20.2. The number of nitrogens with one attached hydrogen (secondary N) is 4. The van der Waals surface area contributed by atoms with Crippen LogP contribution in [0.15, 0.2) is 27.7 Å². The van der Waals surface area contributed by atoms with Gasteiger partial charge >= 0.3 is 0 Å². The van der Waals surface area contributed by atoms with E-state index in [4.69, 9.17) is 0 Å². The van der Waals surface area contributed by atoms with E-state index in [0.29, 0.717) is 32.0 Å². The largest absolute Gasteiger partial charge is 0.357 e. The van der Waals surface area contributed by atoms with Crippen molar-refractivity contribution in [3.8, 4) is 0 Å². The minimum absolute atomic E-state index is 0. The Morgan fingerprint density at radius 3 is 2.54 bits per heavy atom. The number of anilines is 1. The number of hydrogen-bond acceptors (Lipinski definition) is 3. The van der Waals surface area contributed by atoms with Crippen LogP contribution in [0.3, 0.4) is 0 Å². The second-order valence-electron chi connectivity index (χ2n) is 6.51. The van der Waals surface area contributed by atoms with Crippen LogP contribution in [0.5, 0.6) is 0 Å². The summed E-state index contributed by atoms with van der Waals surface area (Å²) in [6, 6.07) is 5.74. The number of aryl methyl sites for hydroxylation is 1. The van der Waals surface area contributed by atoms with Crippen molar-refractivity contribution in [2.75, 3.05) is 31.5 Å². The predicted octanol–water partition coefficient (Wildman–Crippen LogP) is 2.79. The summed E-state index contributed by atoms with van der Waals surface area (Å²) in [5.41, 5.74) is 1.81. The van der Waals surface area contributed by atoms with E-state index in [1.54, 1.807) is 0 Å². The molecule has 1 saturated carbocycles. The highest BCUT2D eigenvalue weighted by molar-refractivity contribution is 14.0. The highest BCUT2D eigenvalue weighted by Gasteiger charge is 2.28. The van der Waals surface area contributed by atoms with Crippen LogP contribution in [0.4, 0.5) is 5.69 Å². The molecule has 1 fully saturated rings. The molecule has 9 heteroatoms. The maximum Gasteiger partial charge on any atom is 0.226 e. The van der Waals surface area contributed by atoms with Crippen molar-refractivity contribution >= 4 is 63.4 Å². The number of hydrogen-bond donors (Lipinski definition) is 4. The van der Waals surface area contributed by atoms with Crippen LogP contribution in [0.25, 0.3) is 0 Å². The predicted molar refractivity (Wildman–Crippen MR) is 127 cm³/mol. The van der Waals surface area contributed by atoms with Gasteiger partial charge in [-0.2, -0.15) is 0 Å². The number of amides is 2. The second kappa shape index (κ2) is 13.0. The molecule has 0 bridgehead atoms. The molecule has 1 aliphatic rings. The highest BCUT2D eigenvalue weighted by Crippen LogP contribution is 2.28. The average molecular weight is 566 g/mol. The summed E-state index contributed by atoms with van der Waals surface area (Å²) in [5.74, 6) is 0.931. The van der Waals surface area contributed by atoms with E-state index in [1.165, 1.54) is 0 Å². The lowest BCUT2D eigenvalue weighted by Crippen LogP contribution is -2.41. The molecule has 156 valence electrons. The third-order valence-electron chi connectivity index (χ3n) is 4.08. The van der Waals surface area contributed by atoms with E-state index in [1.807, 2.05) is 32.0 Å². The Balaban J connectivity index is 0.00000392. The lowest BCUT2D eigenvalue weighted by atomic mass is 10.2. The fourth-order valence-corrected chi connectivity index (χ4v) is 2.92. The third-order valence-corrected chi connectivity index (χ3v) is 4.57. The quantitative estimate of drug-likeness (QED) is 0.160. The monoisotopic (exact) mass is 565 g/mol. The van der Waals surface area contributed by atoms with E-state index in [9.17, 15) is 9.59 Å². The molecule has 2 amide bonds. The lowest BCUT2D eigenvalue weighted by Gasteiger charge is -2.12. The van der Waals surface area contributed by atoms with Gasteiger partial charge in [-0.05, 0) is 50.5 Å². The SMILES string of the molecule is CCNC(=NCCC(=O)Nc1ccc(Br)cc1C)NCCNC(=O)C1CC1.I. The van der Waals surface area contributed by atoms with Gasteiger partial charge in [-0.15, -0.1) is 24.0 Å². The Hall–Kier alpha value is -1.36. The number of nitrogens with zero attached hydrogens (tertiary/aromatic N) is 1. The van der Waals surface area contributed by atoms with Crippen LogP contribution in [0.2, 0.25) is 0 Å². The van der Waals surface area contributed by atoms with Gasteiger partial charge in [-0.1, -0.05) is 15.9 Å². The third kappa shape index (κ3) is 9.22. The Labute approximate surface area is 192 Å². The van der Waals surface area contributed by atoms with Gasteiger partial charge in [0.2, 0.25) is 11.8 Å². The van der Waals surface area contributed by atoms with Crippen LogP contribution < -0.4 is 21.3 Å². The first-order valence-electron chi connectivity index (χ1n) is 9.35. The Morgan fingerprint density at radius 2 is 1.89 bits per heavy atom. The molecule has 28 heavy (non-hydrogen) atoms. The van der Waals surface area contributed by atoms with Crippen molar-refractivity contribution in [1.82, 2.24) is 16.0 Å². The zero-order chi connectivity index (χ0) is 19.6. The lowest BCUT2D eigenvalue weighted by molar-refractivity contribution is -0.122. The van der Waals surface area contributed by atoms with Crippen LogP contribution >= 0.6 is 39.9 Å². The number of benzene rings is 1. The van der Waals surface area contributed by atoms with Gasteiger partial charge in [0.15, 0.2) is 5.96 Å². The molecule has 2 rings (SSSR count). The molecule has 0 saturated heterocycles. The molecule has 0 unspecified atom stereocenters. The van der Waals surface area contributed by atoms with Crippen LogP contribution in [-0.4, -0.2) is 44.0 Å². The molecule has 1 aromatic rings. The summed E-state index contributed by atoms with van der Waals surface area (Å²) in [7, 11) is 0. The second-order valence-corrected chi connectivity index (χ2v) is 7.43. The summed E-state index contributed by atoms with van der Waals surface area (Å²) in [4.78, 5) is 28.1. The molecular weight excluding hydrogens is 537 g/mol. The van der Waals surface area contributed by atoms with Gasteiger partial charge in [0.05, 0.1) is 6.54 Å². The van der Waals surface area contributed by atoms with E-state index in [2.05, 4.69) is 42.2 Å². The number of carbonyl (C=O) groups is 2. The van der Waals surface area contributed by atoms with E-state index < -0.39 is 0 Å². The number of guanidine groups is 1. The minimum atomic E-state index is -0.0725. The number of halogens is 2. The standard InChI is InChI=1S/C19H28BrN5O2.HI/c1-3-21-19(24-11-10-22-18(27)14-4-5-14)23-9-8-17(26)25-16-7-6-15(20)12-13(16)2;/h6-7,12,14H,3-5,8-11H2,1-2H3,(H,22,27)(H,25,26)(H2,21,23,24);1H. The Morgan fingerprint density at radius 1 is 1.18 bits per heavy atom. The fraction of sp³-hybridized carbons (Fsp3) is 0.526. The molecule has 0 atom stereocenters. The van der Waals surface area contributed by atoms with Gasteiger partial charge in [0.1, 0.15) is 0 Å². The molecule has 1 aromatic carbocycles. The van der Waals surface area contributed by atoms with Crippen molar-refractivity contribution in [2.45, 2.75) is 33.1 Å². The summed E-state index contributed by atoms with van der Waals surface area (Å²) < 4.78 is 0.984. The van der Waals surface area contributed by atoms with E-state index in [-0.39, 0.29) is 41.7 Å². The van der Waals surface area contributed by atoms with Crippen molar-refractivity contribution < 1.29 is 9.59 Å². The summed E-state index contributed by atoms with van der Waals surface area (Å²) >= 11 is 3.41. The molecule has 7 nitrogen and oxygen atoms in total. The van der Waals surface area contributed by atoms with Crippen molar-refractivity contribution in [2.24, 2.45) is 10.9 Å². The minimum Gasteiger partial charge on any atom is -0.357 e. The molecule has 1 aliphatic carbocycles. The van der Waals surface area contributed by atoms with E-state index in [0.717, 1.165) is 35.1 Å². The summed E-state index contributed by atoms with van der Waals surface area (Å²) in [6.07, 6.45) is 2.31. The summed E-state index contributed by atoms with van der Waals surface area (Å²) in [5, 5.41) is 12.1. The first-order valence-corrected chi connectivity index (χ1v) is 10.1. The number of carbonyl (C=O) groups excluding carboxylic acids is 2. The maximum absolute atomic E-state index is 12.1. The van der Waals surface area contributed by atoms with Gasteiger partial charge in [-0.25, -0.2) is 0 Å². The highest BCUT2D eigenvalue weighted by atomic mass is 127. The van der Waals surface area contributed by atoms with Crippen LogP contribution in [0, 0.1) is 12.8 Å². The van der Waals surface area contributed by atoms with Crippen LogP contribution in [-0.2, 0) is 9.59 Å². The molecular formula is C19H29BrIN5O2. The molecule has 0 aromatic heterocycles. The average Bonchev–Trinajstić information content (AvgIpc) is 3.46. The number of rotatable bonds is 9. The maximum atomic E-state index is 12.1. The van der Waals surface area contributed by atoms with Crippen molar-refractivity contribution in [3.63, 3.8) is 0 Å². The van der Waals surface area contributed by atoms with Gasteiger partial charge in [0.25, 0.3) is 0 Å². The van der Waals surface area contributed by atoms with Crippen molar-refractivity contribution in [1.29, 1.82) is 0 Å². The fourth-order valence-electron chi connectivity index (χ4n) is 2.45. The molecule has 0 heterocycles. The summed E-state index contributed by atoms with van der Waals surface area (Å²) in [6.45, 7) is 6.19. The molecule has 0 aliphatic heterocycles. The van der Waals surface area contributed by atoms with E-state index >= 15 is 0 Å². The van der Waals surface area contributed by atoms with Crippen molar-refractivity contribution in [3.05, 3.63) is 28.2 Å². The molecule has 4 N–H and O–H groups in total. The normalized spacial score (nSPS) is 13.3. The van der Waals surface area contributed by atoms with Gasteiger partial charge < -0.3 is 21.3 Å². The molecule has 0 spiro atoms. The first kappa shape index (κ1) is 24.7. The van der Waals surface area contributed by atoms with Crippen LogP contribution in [0.1, 0.15) is 31.7 Å².